The zero-order valence-corrected chi connectivity index (χ0v) is 14.2. The summed E-state index contributed by atoms with van der Waals surface area (Å²) in [5, 5.41) is 4.03. The van der Waals surface area contributed by atoms with Gasteiger partial charge in [-0.2, -0.15) is 0 Å². The lowest BCUT2D eigenvalue weighted by molar-refractivity contribution is -0.114. The van der Waals surface area contributed by atoms with Crippen LogP contribution in [0, 0.1) is 0 Å². The third kappa shape index (κ3) is 3.22. The van der Waals surface area contributed by atoms with Gasteiger partial charge in [0.15, 0.2) is 0 Å². The van der Waals surface area contributed by atoms with Gasteiger partial charge in [-0.15, -0.1) is 5.10 Å². The van der Waals surface area contributed by atoms with Crippen LogP contribution in [0.4, 0.5) is 5.69 Å². The molecule has 25 heavy (non-hydrogen) atoms. The maximum absolute atomic E-state index is 12.2. The number of primary amides is 1. The average molecular weight is 342 g/mol. The van der Waals surface area contributed by atoms with E-state index in [1.807, 2.05) is 6.92 Å². The van der Waals surface area contributed by atoms with E-state index in [4.69, 9.17) is 16.2 Å². The number of nitrogens with zero attached hydrogens (tertiary/aromatic N) is 1. The quantitative estimate of drug-likeness (QED) is 0.573. The Kier molecular flexibility index (Phi) is 4.48. The lowest BCUT2D eigenvalue weighted by atomic mass is 9.79. The minimum Gasteiger partial charge on any atom is -0.465 e. The highest BCUT2D eigenvalue weighted by Gasteiger charge is 2.46. The molecular weight excluding hydrogens is 320 g/mol. The number of nitrogens with one attached hydrogen (secondary N) is 1. The molecule has 0 radical (unpaired) electrons. The standard InChI is InChI=1S/C18H22N4O3/c1-11-14(15(20)23)17(25-18(11)9-3-2-4-10-18)22-21-16(24)12-5-7-13(19)8-6-12/h5-8H,2-4,9-10,19H2,1H3,(H2,20,23)(H,21,24). The Balaban J connectivity index is 1.83. The van der Waals surface area contributed by atoms with Crippen molar-refractivity contribution in [2.24, 2.45) is 10.8 Å². The van der Waals surface area contributed by atoms with Crippen LogP contribution in [-0.4, -0.2) is 23.3 Å². The molecule has 0 saturated heterocycles. The summed E-state index contributed by atoms with van der Waals surface area (Å²) in [6.45, 7) is 1.86. The third-order valence-corrected chi connectivity index (χ3v) is 4.90. The number of hydrazone groups is 1. The fourth-order valence-corrected chi connectivity index (χ4v) is 3.47. The number of ether oxygens (including phenoxy) is 1. The first-order valence-corrected chi connectivity index (χ1v) is 8.37. The smallest absolute Gasteiger partial charge is 0.271 e. The Morgan fingerprint density at radius 3 is 2.40 bits per heavy atom. The van der Waals surface area contributed by atoms with Crippen molar-refractivity contribution in [3.8, 4) is 0 Å². The molecule has 0 aromatic heterocycles. The number of nitrogens with two attached hydrogens (primary N) is 2. The summed E-state index contributed by atoms with van der Waals surface area (Å²) in [6.07, 6.45) is 4.83. The minimum atomic E-state index is -0.597. The highest BCUT2D eigenvalue weighted by atomic mass is 16.5. The van der Waals surface area contributed by atoms with Crippen LogP contribution in [0.2, 0.25) is 0 Å². The summed E-state index contributed by atoms with van der Waals surface area (Å²) in [7, 11) is 0. The molecule has 2 amide bonds. The van der Waals surface area contributed by atoms with Crippen molar-refractivity contribution in [2.45, 2.75) is 44.6 Å². The largest absolute Gasteiger partial charge is 0.465 e. The molecule has 1 saturated carbocycles. The van der Waals surface area contributed by atoms with E-state index in [0.717, 1.165) is 37.7 Å². The topological polar surface area (TPSA) is 120 Å². The number of hydrogen-bond donors (Lipinski definition) is 3. The molecule has 1 aromatic rings. The van der Waals surface area contributed by atoms with Crippen molar-refractivity contribution in [2.75, 3.05) is 5.73 Å². The molecule has 0 atom stereocenters. The van der Waals surface area contributed by atoms with E-state index < -0.39 is 17.4 Å². The van der Waals surface area contributed by atoms with Crippen LogP contribution in [0.15, 0.2) is 40.5 Å². The second-order valence-electron chi connectivity index (χ2n) is 6.50. The van der Waals surface area contributed by atoms with Crippen molar-refractivity contribution >= 4 is 23.4 Å². The van der Waals surface area contributed by atoms with Crippen LogP contribution in [0.3, 0.4) is 0 Å². The molecule has 0 unspecified atom stereocenters. The highest BCUT2D eigenvalue weighted by molar-refractivity contribution is 6.20. The monoisotopic (exact) mass is 342 g/mol. The van der Waals surface area contributed by atoms with Crippen molar-refractivity contribution in [3.05, 3.63) is 41.0 Å². The summed E-state index contributed by atoms with van der Waals surface area (Å²) < 4.78 is 6.02. The molecule has 7 heteroatoms. The summed E-state index contributed by atoms with van der Waals surface area (Å²) in [5.41, 5.74) is 15.1. The van der Waals surface area contributed by atoms with Crippen molar-refractivity contribution in [1.82, 2.24) is 5.43 Å². The molecule has 1 aliphatic heterocycles. The predicted octanol–water partition coefficient (Wildman–Crippen LogP) is 1.85. The molecule has 132 valence electrons. The number of carbonyl (C=O) groups is 2. The Bertz CT molecular complexity index is 759. The van der Waals surface area contributed by atoms with Crippen LogP contribution < -0.4 is 16.9 Å². The fourth-order valence-electron chi connectivity index (χ4n) is 3.47. The van der Waals surface area contributed by atoms with Gasteiger partial charge in [0.1, 0.15) is 11.2 Å². The van der Waals surface area contributed by atoms with Crippen molar-refractivity contribution in [1.29, 1.82) is 0 Å². The molecular formula is C18H22N4O3. The zero-order chi connectivity index (χ0) is 18.0. The average Bonchev–Trinajstić information content (AvgIpc) is 2.86. The molecule has 1 fully saturated rings. The molecule has 3 rings (SSSR count). The Morgan fingerprint density at radius 2 is 1.80 bits per heavy atom. The molecule has 5 N–H and O–H groups in total. The molecule has 1 aromatic carbocycles. The van der Waals surface area contributed by atoms with Gasteiger partial charge < -0.3 is 16.2 Å². The maximum Gasteiger partial charge on any atom is 0.271 e. The molecule has 1 heterocycles. The zero-order valence-electron chi connectivity index (χ0n) is 14.2. The Hall–Kier alpha value is -2.83. The fraction of sp³-hybridized carbons (Fsp3) is 0.389. The molecule has 1 aliphatic carbocycles. The number of rotatable bonds is 3. The van der Waals surface area contributed by atoms with E-state index in [9.17, 15) is 9.59 Å². The van der Waals surface area contributed by atoms with Crippen LogP contribution in [0.1, 0.15) is 49.4 Å². The summed E-state index contributed by atoms with van der Waals surface area (Å²) >= 11 is 0. The van der Waals surface area contributed by atoms with E-state index >= 15 is 0 Å². The number of hydrogen-bond acceptors (Lipinski definition) is 5. The van der Waals surface area contributed by atoms with E-state index in [2.05, 4.69) is 10.5 Å². The van der Waals surface area contributed by atoms with E-state index in [0.29, 0.717) is 11.3 Å². The Morgan fingerprint density at radius 1 is 1.16 bits per heavy atom. The van der Waals surface area contributed by atoms with Crippen LogP contribution in [-0.2, 0) is 9.53 Å². The van der Waals surface area contributed by atoms with Crippen LogP contribution >= 0.6 is 0 Å². The second-order valence-corrected chi connectivity index (χ2v) is 6.50. The maximum atomic E-state index is 12.2. The van der Waals surface area contributed by atoms with Crippen molar-refractivity contribution in [3.63, 3.8) is 0 Å². The lowest BCUT2D eigenvalue weighted by Crippen LogP contribution is -2.34. The first-order chi connectivity index (χ1) is 11.9. The third-order valence-electron chi connectivity index (χ3n) is 4.90. The van der Waals surface area contributed by atoms with Gasteiger partial charge in [0.2, 0.25) is 5.90 Å². The normalized spacial score (nSPS) is 20.6. The van der Waals surface area contributed by atoms with E-state index in [-0.39, 0.29) is 11.5 Å². The number of amides is 2. The minimum absolute atomic E-state index is 0.0932. The van der Waals surface area contributed by atoms with Gasteiger partial charge in [0.05, 0.1) is 0 Å². The Labute approximate surface area is 146 Å². The predicted molar refractivity (Wildman–Crippen MR) is 94.6 cm³/mol. The highest BCUT2D eigenvalue weighted by Crippen LogP contribution is 2.43. The van der Waals surface area contributed by atoms with Crippen LogP contribution in [0.5, 0.6) is 0 Å². The van der Waals surface area contributed by atoms with Gasteiger partial charge in [0, 0.05) is 11.3 Å². The van der Waals surface area contributed by atoms with E-state index in [1.54, 1.807) is 24.3 Å². The molecule has 1 spiro atoms. The number of nitrogen functional groups attached to an aromatic ring is 1. The number of anilines is 1. The summed E-state index contributed by atoms with van der Waals surface area (Å²) in [5.74, 6) is -0.918. The van der Waals surface area contributed by atoms with Crippen LogP contribution in [0.25, 0.3) is 0 Å². The lowest BCUT2D eigenvalue weighted by Gasteiger charge is -2.33. The first kappa shape index (κ1) is 17.0. The number of benzene rings is 1. The number of carbonyl (C=O) groups excluding carboxylic acids is 2. The van der Waals surface area contributed by atoms with Gasteiger partial charge in [-0.25, -0.2) is 5.43 Å². The summed E-state index contributed by atoms with van der Waals surface area (Å²) in [6, 6.07) is 6.45. The van der Waals surface area contributed by atoms with E-state index in [1.165, 1.54) is 0 Å². The second kappa shape index (κ2) is 6.58. The van der Waals surface area contributed by atoms with Gasteiger partial charge in [0.25, 0.3) is 11.8 Å². The summed E-state index contributed by atoms with van der Waals surface area (Å²) in [4.78, 5) is 24.1. The van der Waals surface area contributed by atoms with Gasteiger partial charge in [-0.3, -0.25) is 9.59 Å². The molecule has 0 bridgehead atoms. The molecule has 2 aliphatic rings. The van der Waals surface area contributed by atoms with Crippen molar-refractivity contribution < 1.29 is 14.3 Å². The van der Waals surface area contributed by atoms with Gasteiger partial charge in [-0.05, 0) is 62.4 Å². The van der Waals surface area contributed by atoms with Gasteiger partial charge >= 0.3 is 0 Å². The first-order valence-electron chi connectivity index (χ1n) is 8.37. The SMILES string of the molecule is CC1=C(C(N)=O)C(=NNC(=O)c2ccc(N)cc2)OC12CCCCC2. The van der Waals surface area contributed by atoms with Gasteiger partial charge in [-0.1, -0.05) is 6.42 Å². The molecule has 7 nitrogen and oxygen atoms in total.